The molecular weight excluding hydrogens is 589 g/mol. The van der Waals surface area contributed by atoms with E-state index in [0.717, 1.165) is 24.8 Å². The first-order chi connectivity index (χ1) is 21.2. The number of carboxylic acid groups (broad SMARTS) is 1. The fourth-order valence-electron chi connectivity index (χ4n) is 6.33. The van der Waals surface area contributed by atoms with E-state index in [4.69, 9.17) is 9.72 Å². The maximum Gasteiger partial charge on any atom is 0.573 e. The molecule has 12 heteroatoms. The van der Waals surface area contributed by atoms with Gasteiger partial charge in [-0.1, -0.05) is 26.8 Å². The predicted molar refractivity (Wildman–Crippen MR) is 164 cm³/mol. The van der Waals surface area contributed by atoms with Gasteiger partial charge in [0.15, 0.2) is 6.61 Å². The van der Waals surface area contributed by atoms with Gasteiger partial charge in [0.2, 0.25) is 5.95 Å². The Morgan fingerprint density at radius 3 is 2.44 bits per heavy atom. The highest BCUT2D eigenvalue weighted by Crippen LogP contribution is 2.46. The van der Waals surface area contributed by atoms with Crippen molar-refractivity contribution in [2.24, 2.45) is 11.3 Å². The number of aromatic carboxylic acids is 1. The van der Waals surface area contributed by atoms with Crippen LogP contribution in [0.15, 0.2) is 60.7 Å². The molecule has 45 heavy (non-hydrogen) atoms. The van der Waals surface area contributed by atoms with Gasteiger partial charge in [-0.15, -0.1) is 13.2 Å². The van der Waals surface area contributed by atoms with Crippen LogP contribution in [0.3, 0.4) is 0 Å². The second-order valence-electron chi connectivity index (χ2n) is 12.3. The molecule has 5 rings (SSSR count). The van der Waals surface area contributed by atoms with Crippen LogP contribution in [-0.2, 0) is 4.79 Å². The quantitative estimate of drug-likeness (QED) is 0.172. The zero-order chi connectivity index (χ0) is 32.5. The van der Waals surface area contributed by atoms with Crippen molar-refractivity contribution >= 4 is 40.2 Å². The number of nitrogens with zero attached hydrogens (tertiary/aromatic N) is 2. The molecule has 1 saturated carbocycles. The Morgan fingerprint density at radius 2 is 1.78 bits per heavy atom. The summed E-state index contributed by atoms with van der Waals surface area (Å²) in [6.07, 6.45) is -1.84. The molecule has 4 aromatic rings. The Bertz CT molecular complexity index is 1720. The van der Waals surface area contributed by atoms with Gasteiger partial charge in [-0.3, -0.25) is 4.79 Å². The van der Waals surface area contributed by atoms with E-state index in [2.05, 4.69) is 40.7 Å². The number of nitrogens with one attached hydrogen (secondary N) is 2. The van der Waals surface area contributed by atoms with Gasteiger partial charge in [-0.05, 0) is 91.6 Å². The summed E-state index contributed by atoms with van der Waals surface area (Å²) < 4.78 is 49.8. The van der Waals surface area contributed by atoms with Crippen molar-refractivity contribution in [2.45, 2.75) is 59.4 Å². The van der Waals surface area contributed by atoms with Crippen LogP contribution in [0.25, 0.3) is 11.0 Å². The number of anilines is 3. The second-order valence-corrected chi connectivity index (χ2v) is 12.3. The zero-order valence-corrected chi connectivity index (χ0v) is 25.4. The van der Waals surface area contributed by atoms with Crippen molar-refractivity contribution in [1.29, 1.82) is 0 Å². The molecule has 0 bridgehead atoms. The van der Waals surface area contributed by atoms with E-state index >= 15 is 0 Å². The van der Waals surface area contributed by atoms with Crippen LogP contribution in [0.1, 0.15) is 62.0 Å². The van der Waals surface area contributed by atoms with Gasteiger partial charge in [-0.25, -0.2) is 9.78 Å². The molecule has 1 fully saturated rings. The number of carboxylic acids is 1. The Balaban J connectivity index is 1.39. The minimum Gasteiger partial charge on any atom is -0.484 e. The van der Waals surface area contributed by atoms with Crippen LogP contribution < -0.4 is 20.1 Å². The number of carbonyl (C=O) groups is 2. The largest absolute Gasteiger partial charge is 0.573 e. The normalized spacial score (nSPS) is 17.9. The second kappa shape index (κ2) is 12.3. The first-order valence-corrected chi connectivity index (χ1v) is 14.6. The van der Waals surface area contributed by atoms with Crippen molar-refractivity contribution in [2.75, 3.05) is 17.2 Å². The molecule has 0 radical (unpaired) electrons. The highest BCUT2D eigenvalue weighted by atomic mass is 19.4. The minimum absolute atomic E-state index is 0.0977. The molecule has 1 aromatic heterocycles. The molecule has 3 aromatic carbocycles. The molecule has 1 aliphatic carbocycles. The van der Waals surface area contributed by atoms with Crippen LogP contribution in [0.5, 0.6) is 11.5 Å². The van der Waals surface area contributed by atoms with Crippen molar-refractivity contribution in [3.05, 3.63) is 71.8 Å². The lowest BCUT2D eigenvalue weighted by Gasteiger charge is -2.40. The number of carbonyl (C=O) groups excluding carboxylic acids is 1. The van der Waals surface area contributed by atoms with Gasteiger partial charge >= 0.3 is 12.3 Å². The number of fused-ring (bicyclic) bond motifs is 1. The van der Waals surface area contributed by atoms with E-state index < -0.39 is 18.2 Å². The molecule has 2 unspecified atom stereocenters. The van der Waals surface area contributed by atoms with E-state index in [-0.39, 0.29) is 29.4 Å². The average Bonchev–Trinajstić information content (AvgIpc) is 3.29. The van der Waals surface area contributed by atoms with Gasteiger partial charge in [0.1, 0.15) is 11.5 Å². The summed E-state index contributed by atoms with van der Waals surface area (Å²) in [5.41, 5.74) is 3.03. The number of imidazole rings is 1. The van der Waals surface area contributed by atoms with Crippen molar-refractivity contribution in [3.8, 4) is 11.5 Å². The summed E-state index contributed by atoms with van der Waals surface area (Å²) >= 11 is 0. The lowest BCUT2D eigenvalue weighted by molar-refractivity contribution is -0.274. The highest BCUT2D eigenvalue weighted by molar-refractivity contribution is 5.96. The molecule has 1 amide bonds. The summed E-state index contributed by atoms with van der Waals surface area (Å²) in [5.74, 6) is -0.433. The summed E-state index contributed by atoms with van der Waals surface area (Å²) in [6.45, 7) is 8.04. The average molecular weight is 625 g/mol. The summed E-state index contributed by atoms with van der Waals surface area (Å²) in [7, 11) is 0. The molecule has 0 saturated heterocycles. The lowest BCUT2D eigenvalue weighted by atomic mass is 9.70. The molecule has 0 aliphatic heterocycles. The first kappa shape index (κ1) is 31.7. The number of ether oxygens (including phenoxy) is 2. The van der Waals surface area contributed by atoms with Gasteiger partial charge in [0, 0.05) is 23.5 Å². The van der Waals surface area contributed by atoms with E-state index in [0.29, 0.717) is 40.1 Å². The van der Waals surface area contributed by atoms with Gasteiger partial charge < -0.3 is 29.8 Å². The third kappa shape index (κ3) is 7.68. The van der Waals surface area contributed by atoms with Crippen LogP contribution in [0.2, 0.25) is 0 Å². The number of amides is 1. The summed E-state index contributed by atoms with van der Waals surface area (Å²) in [4.78, 5) is 28.9. The van der Waals surface area contributed by atoms with Crippen LogP contribution in [0.4, 0.5) is 30.5 Å². The van der Waals surface area contributed by atoms with E-state index in [1.54, 1.807) is 31.2 Å². The van der Waals surface area contributed by atoms with Crippen molar-refractivity contribution in [1.82, 2.24) is 9.55 Å². The number of aromatic nitrogens is 2. The Hall–Kier alpha value is -4.74. The van der Waals surface area contributed by atoms with Crippen LogP contribution in [0, 0.1) is 18.3 Å². The molecule has 9 nitrogen and oxygen atoms in total. The summed E-state index contributed by atoms with van der Waals surface area (Å²) in [5, 5.41) is 15.3. The Labute approximate surface area is 258 Å². The van der Waals surface area contributed by atoms with Crippen LogP contribution >= 0.6 is 0 Å². The fourth-order valence-corrected chi connectivity index (χ4v) is 6.33. The number of benzene rings is 3. The van der Waals surface area contributed by atoms with E-state index in [1.165, 1.54) is 30.3 Å². The third-order valence-electron chi connectivity index (χ3n) is 7.94. The van der Waals surface area contributed by atoms with E-state index in [1.807, 2.05) is 6.07 Å². The number of hydrogen-bond donors (Lipinski definition) is 3. The smallest absolute Gasteiger partial charge is 0.484 e. The fraction of sp³-hybridized carbons (Fsp3) is 0.364. The standard InChI is InChI=1S/C33H35F3N4O5/c1-19-14-22(17-32(3,4)16-19)40-28-13-12-24(44-18-29(41)38-26-7-5-6-25(20(26)2)30(42)43)15-27(28)39-31(40)37-21-8-10-23(11-9-21)45-33(34,35)36/h5-13,15,19,22H,14,16-18H2,1-4H3,(H,37,39)(H,38,41)(H,42,43). The Morgan fingerprint density at radius 1 is 1.07 bits per heavy atom. The SMILES string of the molecule is Cc1c(NC(=O)COc2ccc3c(c2)nc(Nc2ccc(OC(F)(F)F)cc2)n3C2CC(C)CC(C)(C)C2)cccc1C(=O)O. The maximum atomic E-state index is 12.7. The highest BCUT2D eigenvalue weighted by Gasteiger charge is 2.35. The van der Waals surface area contributed by atoms with Gasteiger partial charge in [0.25, 0.3) is 5.91 Å². The lowest BCUT2D eigenvalue weighted by Crippen LogP contribution is -2.29. The number of alkyl halides is 3. The molecule has 2 atom stereocenters. The number of rotatable bonds is 9. The Kier molecular flexibility index (Phi) is 8.68. The molecule has 0 spiro atoms. The molecule has 1 aliphatic rings. The molecular formula is C33H35F3N4O5. The van der Waals surface area contributed by atoms with Crippen LogP contribution in [-0.4, -0.2) is 39.5 Å². The maximum absolute atomic E-state index is 12.7. The monoisotopic (exact) mass is 624 g/mol. The zero-order valence-electron chi connectivity index (χ0n) is 25.4. The number of halogens is 3. The molecule has 238 valence electrons. The van der Waals surface area contributed by atoms with E-state index in [9.17, 15) is 27.9 Å². The molecule has 1 heterocycles. The molecule has 3 N–H and O–H groups in total. The third-order valence-corrected chi connectivity index (χ3v) is 7.94. The van der Waals surface area contributed by atoms with Crippen molar-refractivity contribution < 1.29 is 37.3 Å². The summed E-state index contributed by atoms with van der Waals surface area (Å²) in [6, 6.07) is 15.6. The minimum atomic E-state index is -4.78. The number of hydrogen-bond acceptors (Lipinski definition) is 6. The van der Waals surface area contributed by atoms with Gasteiger partial charge in [0.05, 0.1) is 16.6 Å². The first-order valence-electron chi connectivity index (χ1n) is 14.6. The topological polar surface area (TPSA) is 115 Å². The van der Waals surface area contributed by atoms with Gasteiger partial charge in [-0.2, -0.15) is 0 Å². The van der Waals surface area contributed by atoms with Crippen molar-refractivity contribution in [3.63, 3.8) is 0 Å². The predicted octanol–water partition coefficient (Wildman–Crippen LogP) is 8.09.